The zero-order valence-electron chi connectivity index (χ0n) is 14.6. The number of piperidine rings is 1. The summed E-state index contributed by atoms with van der Waals surface area (Å²) in [6, 6.07) is 17.8. The molecule has 3 nitrogen and oxygen atoms in total. The fraction of sp³-hybridized carbons (Fsp3) is 0.455. The molecule has 0 aromatic heterocycles. The molecule has 0 spiro atoms. The van der Waals surface area contributed by atoms with Gasteiger partial charge in [-0.3, -0.25) is 4.90 Å². The molecule has 25 heavy (non-hydrogen) atoms. The summed E-state index contributed by atoms with van der Waals surface area (Å²) < 4.78 is 0. The molecular weight excluding hydrogens is 310 g/mol. The second-order valence-corrected chi connectivity index (χ2v) is 7.85. The average molecular weight is 337 g/mol. The SMILES string of the molecule is Oc1ccc(C2(O)CC[C@@H]3CN(Cc4ccccc4)CC[C@H]3C2)cc1. The van der Waals surface area contributed by atoms with E-state index in [0.29, 0.717) is 11.8 Å². The van der Waals surface area contributed by atoms with E-state index in [-0.39, 0.29) is 5.75 Å². The highest BCUT2D eigenvalue weighted by Gasteiger charge is 2.42. The molecule has 1 aliphatic carbocycles. The number of aliphatic hydroxyl groups is 1. The molecular formula is C22H27NO2. The van der Waals surface area contributed by atoms with Crippen molar-refractivity contribution in [2.24, 2.45) is 11.8 Å². The van der Waals surface area contributed by atoms with Gasteiger partial charge in [0.1, 0.15) is 5.75 Å². The van der Waals surface area contributed by atoms with Crippen molar-refractivity contribution in [3.05, 3.63) is 65.7 Å². The van der Waals surface area contributed by atoms with Crippen LogP contribution in [0, 0.1) is 11.8 Å². The van der Waals surface area contributed by atoms with E-state index >= 15 is 0 Å². The van der Waals surface area contributed by atoms with Gasteiger partial charge in [0.2, 0.25) is 0 Å². The fourth-order valence-corrected chi connectivity index (χ4v) is 4.73. The second kappa shape index (κ2) is 6.81. The third-order valence-electron chi connectivity index (χ3n) is 6.16. The number of fused-ring (bicyclic) bond motifs is 1. The maximum Gasteiger partial charge on any atom is 0.115 e. The first kappa shape index (κ1) is 16.6. The van der Waals surface area contributed by atoms with Gasteiger partial charge in [-0.1, -0.05) is 42.5 Å². The molecule has 2 aromatic carbocycles. The first-order valence-electron chi connectivity index (χ1n) is 9.40. The van der Waals surface area contributed by atoms with Crippen molar-refractivity contribution in [3.63, 3.8) is 0 Å². The second-order valence-electron chi connectivity index (χ2n) is 7.85. The smallest absolute Gasteiger partial charge is 0.115 e. The van der Waals surface area contributed by atoms with Gasteiger partial charge in [0.05, 0.1) is 5.60 Å². The number of nitrogens with zero attached hydrogens (tertiary/aromatic N) is 1. The number of hydrogen-bond acceptors (Lipinski definition) is 3. The molecule has 1 saturated carbocycles. The molecule has 3 atom stereocenters. The van der Waals surface area contributed by atoms with Crippen LogP contribution in [-0.4, -0.2) is 28.2 Å². The lowest BCUT2D eigenvalue weighted by atomic mass is 9.66. The van der Waals surface area contributed by atoms with E-state index in [0.717, 1.165) is 50.9 Å². The topological polar surface area (TPSA) is 43.7 Å². The van der Waals surface area contributed by atoms with E-state index in [1.807, 2.05) is 12.1 Å². The van der Waals surface area contributed by atoms with Crippen molar-refractivity contribution in [2.75, 3.05) is 13.1 Å². The van der Waals surface area contributed by atoms with Crippen LogP contribution in [-0.2, 0) is 12.1 Å². The zero-order chi connectivity index (χ0) is 17.3. The van der Waals surface area contributed by atoms with Gasteiger partial charge in [0.15, 0.2) is 0 Å². The Balaban J connectivity index is 1.40. The number of aromatic hydroxyl groups is 1. The molecule has 0 radical (unpaired) electrons. The number of rotatable bonds is 3. The highest BCUT2D eigenvalue weighted by molar-refractivity contribution is 5.30. The lowest BCUT2D eigenvalue weighted by Gasteiger charge is -2.47. The Labute approximate surface area is 149 Å². The van der Waals surface area contributed by atoms with Crippen LogP contribution in [0.1, 0.15) is 36.8 Å². The minimum Gasteiger partial charge on any atom is -0.508 e. The molecule has 4 rings (SSSR count). The van der Waals surface area contributed by atoms with Gasteiger partial charge in [-0.15, -0.1) is 0 Å². The summed E-state index contributed by atoms with van der Waals surface area (Å²) in [5.41, 5.74) is 1.61. The zero-order valence-corrected chi connectivity index (χ0v) is 14.6. The molecule has 3 heteroatoms. The summed E-state index contributed by atoms with van der Waals surface area (Å²) in [4.78, 5) is 2.57. The van der Waals surface area contributed by atoms with Gasteiger partial charge in [0, 0.05) is 13.1 Å². The third-order valence-corrected chi connectivity index (χ3v) is 6.16. The quantitative estimate of drug-likeness (QED) is 0.893. The minimum atomic E-state index is -0.726. The summed E-state index contributed by atoms with van der Waals surface area (Å²) in [5.74, 6) is 1.55. The standard InChI is InChI=1S/C22H27NO2/c24-21-8-6-20(7-9-21)22(25)12-10-19-16-23(13-11-18(19)14-22)15-17-4-2-1-3-5-17/h1-9,18-19,24-25H,10-16H2/t18-,19+,22?/m0/s1. The van der Waals surface area contributed by atoms with Crippen LogP contribution < -0.4 is 0 Å². The Kier molecular flexibility index (Phi) is 4.53. The average Bonchev–Trinajstić information content (AvgIpc) is 2.63. The summed E-state index contributed by atoms with van der Waals surface area (Å²) in [6.45, 7) is 3.29. The molecule has 1 saturated heterocycles. The molecule has 2 aliphatic rings. The van der Waals surface area contributed by atoms with Crippen LogP contribution >= 0.6 is 0 Å². The molecule has 132 valence electrons. The van der Waals surface area contributed by atoms with Gasteiger partial charge >= 0.3 is 0 Å². The van der Waals surface area contributed by atoms with E-state index in [9.17, 15) is 10.2 Å². The van der Waals surface area contributed by atoms with Crippen LogP contribution in [0.15, 0.2) is 54.6 Å². The number of likely N-dealkylation sites (tertiary alicyclic amines) is 1. The van der Waals surface area contributed by atoms with Crippen LogP contribution in [0.4, 0.5) is 0 Å². The molecule has 2 N–H and O–H groups in total. The predicted octanol–water partition coefficient (Wildman–Crippen LogP) is 3.90. The van der Waals surface area contributed by atoms with Crippen LogP contribution in [0.3, 0.4) is 0 Å². The minimum absolute atomic E-state index is 0.259. The van der Waals surface area contributed by atoms with E-state index in [1.165, 1.54) is 5.56 Å². The number of phenols is 1. The van der Waals surface area contributed by atoms with E-state index < -0.39 is 5.60 Å². The maximum absolute atomic E-state index is 11.2. The molecule has 2 aromatic rings. The first-order valence-corrected chi connectivity index (χ1v) is 9.40. The van der Waals surface area contributed by atoms with Gasteiger partial charge < -0.3 is 10.2 Å². The Bertz CT molecular complexity index is 700. The Morgan fingerprint density at radius 3 is 2.48 bits per heavy atom. The largest absolute Gasteiger partial charge is 0.508 e. The van der Waals surface area contributed by atoms with Gasteiger partial charge in [-0.2, -0.15) is 0 Å². The monoisotopic (exact) mass is 337 g/mol. The van der Waals surface area contributed by atoms with Crippen molar-refractivity contribution in [2.45, 2.75) is 37.8 Å². The number of benzene rings is 2. The lowest BCUT2D eigenvalue weighted by molar-refractivity contribution is -0.0616. The fourth-order valence-electron chi connectivity index (χ4n) is 4.73. The molecule has 0 amide bonds. The molecule has 1 aliphatic heterocycles. The third kappa shape index (κ3) is 3.58. The molecule has 2 fully saturated rings. The van der Waals surface area contributed by atoms with E-state index in [2.05, 4.69) is 35.2 Å². The number of hydrogen-bond donors (Lipinski definition) is 2. The van der Waals surface area contributed by atoms with Gasteiger partial charge in [0.25, 0.3) is 0 Å². The maximum atomic E-state index is 11.2. The highest BCUT2D eigenvalue weighted by Crippen LogP contribution is 2.46. The van der Waals surface area contributed by atoms with Crippen molar-refractivity contribution in [1.29, 1.82) is 0 Å². The summed E-state index contributed by atoms with van der Waals surface area (Å²) in [6.07, 6.45) is 3.91. The van der Waals surface area contributed by atoms with Crippen LogP contribution in [0.2, 0.25) is 0 Å². The van der Waals surface area contributed by atoms with Crippen molar-refractivity contribution >= 4 is 0 Å². The summed E-state index contributed by atoms with van der Waals surface area (Å²) in [5, 5.41) is 20.7. The van der Waals surface area contributed by atoms with Crippen LogP contribution in [0.5, 0.6) is 5.75 Å². The van der Waals surface area contributed by atoms with Gasteiger partial charge in [-0.25, -0.2) is 0 Å². The van der Waals surface area contributed by atoms with E-state index in [4.69, 9.17) is 0 Å². The Morgan fingerprint density at radius 2 is 1.72 bits per heavy atom. The highest BCUT2D eigenvalue weighted by atomic mass is 16.3. The molecule has 0 bridgehead atoms. The Hall–Kier alpha value is -1.84. The van der Waals surface area contributed by atoms with Crippen LogP contribution in [0.25, 0.3) is 0 Å². The van der Waals surface area contributed by atoms with Crippen molar-refractivity contribution < 1.29 is 10.2 Å². The summed E-state index contributed by atoms with van der Waals surface area (Å²) >= 11 is 0. The Morgan fingerprint density at radius 1 is 0.960 bits per heavy atom. The van der Waals surface area contributed by atoms with E-state index in [1.54, 1.807) is 12.1 Å². The predicted molar refractivity (Wildman–Crippen MR) is 99.2 cm³/mol. The molecule has 1 unspecified atom stereocenters. The van der Waals surface area contributed by atoms with Crippen molar-refractivity contribution in [1.82, 2.24) is 4.90 Å². The molecule has 1 heterocycles. The lowest BCUT2D eigenvalue weighted by Crippen LogP contribution is -2.46. The van der Waals surface area contributed by atoms with Gasteiger partial charge in [-0.05, 0) is 67.3 Å². The number of phenolic OH excluding ortho intramolecular Hbond substituents is 1. The normalized spacial score (nSPS) is 30.0. The summed E-state index contributed by atoms with van der Waals surface area (Å²) in [7, 11) is 0. The first-order chi connectivity index (χ1) is 12.1. The van der Waals surface area contributed by atoms with Crippen molar-refractivity contribution in [3.8, 4) is 5.75 Å².